The molecule has 6 nitrogen and oxygen atoms in total. The average Bonchev–Trinajstić information content (AvgIpc) is 3.53. The molecule has 1 aliphatic carbocycles. The summed E-state index contributed by atoms with van der Waals surface area (Å²) >= 11 is 0. The Labute approximate surface area is 231 Å². The molecule has 0 radical (unpaired) electrons. The predicted molar refractivity (Wildman–Crippen MR) is 153 cm³/mol. The van der Waals surface area contributed by atoms with Crippen LogP contribution in [-0.4, -0.2) is 41.1 Å². The summed E-state index contributed by atoms with van der Waals surface area (Å²) in [4.78, 5) is 15.3. The van der Waals surface area contributed by atoms with E-state index in [1.165, 1.54) is 25.7 Å². The molecule has 0 unspecified atom stereocenters. The van der Waals surface area contributed by atoms with E-state index in [-0.39, 0.29) is 24.7 Å². The third-order valence-corrected chi connectivity index (χ3v) is 7.71. The maximum absolute atomic E-state index is 12.7. The quantitative estimate of drug-likeness (QED) is 0.299. The smallest absolute Gasteiger partial charge is 0.255 e. The lowest BCUT2D eigenvalue weighted by atomic mass is 9.99. The zero-order chi connectivity index (χ0) is 27.0. The van der Waals surface area contributed by atoms with Crippen LogP contribution in [-0.2, 0) is 16.1 Å². The Bertz CT molecular complexity index is 1220. The molecule has 5 rings (SSSR count). The van der Waals surface area contributed by atoms with Crippen molar-refractivity contribution < 1.29 is 19.4 Å². The topological polar surface area (TPSA) is 71.0 Å². The van der Waals surface area contributed by atoms with E-state index < -0.39 is 6.29 Å². The number of hydrogen-bond donors (Lipinski definition) is 2. The number of nitrogens with one attached hydrogen (secondary N) is 1. The fraction of sp³-hybridized carbons (Fsp3) is 0.364. The molecule has 39 heavy (non-hydrogen) atoms. The first-order chi connectivity index (χ1) is 19.1. The number of carbonyl (C=O) groups is 1. The van der Waals surface area contributed by atoms with Gasteiger partial charge in [-0.05, 0) is 48.2 Å². The molecule has 0 aromatic heterocycles. The minimum Gasteiger partial charge on any atom is -0.392 e. The molecule has 2 N–H and O–H groups in total. The number of amides is 1. The summed E-state index contributed by atoms with van der Waals surface area (Å²) in [6.07, 6.45) is 6.94. The molecule has 2 fully saturated rings. The third-order valence-electron chi connectivity index (χ3n) is 7.71. The Morgan fingerprint density at radius 2 is 1.74 bits per heavy atom. The molecule has 0 spiro atoms. The maximum Gasteiger partial charge on any atom is 0.255 e. The Morgan fingerprint density at radius 3 is 2.46 bits per heavy atom. The summed E-state index contributed by atoms with van der Waals surface area (Å²) in [5.41, 5.74) is 4.10. The minimum atomic E-state index is -0.575. The fourth-order valence-electron chi connectivity index (χ4n) is 5.66. The van der Waals surface area contributed by atoms with Crippen LogP contribution in [0.5, 0.6) is 0 Å². The van der Waals surface area contributed by atoms with Crippen molar-refractivity contribution in [3.8, 4) is 0 Å². The minimum absolute atomic E-state index is 0.0135. The number of nitrogens with zero attached hydrogens (tertiary/aromatic N) is 1. The summed E-state index contributed by atoms with van der Waals surface area (Å²) in [6.45, 7) is 5.66. The Balaban J connectivity index is 1.37. The molecular formula is C33H38N2O4. The largest absolute Gasteiger partial charge is 0.392 e. The fourth-order valence-corrected chi connectivity index (χ4v) is 5.66. The number of aliphatic hydroxyl groups is 1. The molecule has 3 aromatic carbocycles. The summed E-state index contributed by atoms with van der Waals surface area (Å²) in [5.74, 6) is -0.158. The van der Waals surface area contributed by atoms with Gasteiger partial charge in [0.05, 0.1) is 18.8 Å². The Kier molecular flexibility index (Phi) is 9.22. The Morgan fingerprint density at radius 1 is 0.974 bits per heavy atom. The van der Waals surface area contributed by atoms with Crippen molar-refractivity contribution in [1.29, 1.82) is 0 Å². The highest BCUT2D eigenvalue weighted by Crippen LogP contribution is 2.39. The number of hydrogen-bond acceptors (Lipinski definition) is 5. The molecule has 2 aliphatic rings. The zero-order valence-corrected chi connectivity index (χ0v) is 22.4. The monoisotopic (exact) mass is 526 g/mol. The van der Waals surface area contributed by atoms with E-state index in [2.05, 4.69) is 16.8 Å². The SMILES string of the molecule is C=CCN(C[C@H]1C[C@@H](c2ccc(CO)cc2)O[C@@H](c2cccc(NC(=O)c3ccccc3)c2)O1)C1CCCC1. The lowest BCUT2D eigenvalue weighted by Crippen LogP contribution is -2.43. The summed E-state index contributed by atoms with van der Waals surface area (Å²) in [5, 5.41) is 12.5. The molecule has 3 atom stereocenters. The van der Waals surface area contributed by atoms with E-state index in [1.54, 1.807) is 12.1 Å². The van der Waals surface area contributed by atoms with E-state index in [0.29, 0.717) is 17.3 Å². The van der Waals surface area contributed by atoms with E-state index >= 15 is 0 Å². The number of anilines is 1. The standard InChI is InChI=1S/C33H38N2O4/c1-2-19-35(29-13-6-7-14-29)22-30-21-31(25-17-15-24(23-36)16-18-25)39-33(38-30)27-11-8-12-28(20-27)34-32(37)26-9-4-3-5-10-26/h2-5,8-12,15-18,20,29-31,33,36H,1,6-7,13-14,19,21-23H2,(H,34,37)/t30-,31+,33+/m1/s1. The van der Waals surface area contributed by atoms with Crippen LogP contribution in [0.1, 0.15) is 71.5 Å². The van der Waals surface area contributed by atoms with Crippen LogP contribution < -0.4 is 5.32 Å². The van der Waals surface area contributed by atoms with Crippen LogP contribution in [0.25, 0.3) is 0 Å². The van der Waals surface area contributed by atoms with E-state index in [9.17, 15) is 9.90 Å². The molecule has 1 amide bonds. The van der Waals surface area contributed by atoms with Crippen molar-refractivity contribution in [2.75, 3.05) is 18.4 Å². The number of benzene rings is 3. The van der Waals surface area contributed by atoms with Gasteiger partial charge in [0, 0.05) is 42.4 Å². The number of rotatable bonds is 10. The molecule has 1 heterocycles. The van der Waals surface area contributed by atoms with Gasteiger partial charge in [0.2, 0.25) is 0 Å². The van der Waals surface area contributed by atoms with Crippen LogP contribution in [0.3, 0.4) is 0 Å². The van der Waals surface area contributed by atoms with Gasteiger partial charge >= 0.3 is 0 Å². The predicted octanol–water partition coefficient (Wildman–Crippen LogP) is 6.41. The van der Waals surface area contributed by atoms with Gasteiger partial charge in [0.25, 0.3) is 5.91 Å². The first kappa shape index (κ1) is 27.3. The first-order valence-corrected chi connectivity index (χ1v) is 13.9. The van der Waals surface area contributed by atoms with E-state index in [4.69, 9.17) is 9.47 Å². The lowest BCUT2D eigenvalue weighted by molar-refractivity contribution is -0.253. The Hall–Kier alpha value is -3.29. The molecular weight excluding hydrogens is 488 g/mol. The van der Waals surface area contributed by atoms with Crippen LogP contribution in [0.2, 0.25) is 0 Å². The van der Waals surface area contributed by atoms with Gasteiger partial charge in [0.15, 0.2) is 6.29 Å². The van der Waals surface area contributed by atoms with Gasteiger partial charge in [0.1, 0.15) is 0 Å². The van der Waals surface area contributed by atoms with Crippen LogP contribution >= 0.6 is 0 Å². The molecule has 1 saturated carbocycles. The number of carbonyl (C=O) groups excluding carboxylic acids is 1. The van der Waals surface area contributed by atoms with Gasteiger partial charge < -0.3 is 19.9 Å². The number of aliphatic hydroxyl groups excluding tert-OH is 1. The first-order valence-electron chi connectivity index (χ1n) is 13.9. The maximum atomic E-state index is 12.7. The second kappa shape index (κ2) is 13.2. The van der Waals surface area contributed by atoms with Crippen LogP contribution in [0.4, 0.5) is 5.69 Å². The molecule has 1 saturated heterocycles. The third kappa shape index (κ3) is 7.02. The van der Waals surface area contributed by atoms with Crippen LogP contribution in [0.15, 0.2) is 91.5 Å². The van der Waals surface area contributed by atoms with Gasteiger partial charge in [-0.25, -0.2) is 0 Å². The summed E-state index contributed by atoms with van der Waals surface area (Å²) in [7, 11) is 0. The van der Waals surface area contributed by atoms with Gasteiger partial charge in [-0.3, -0.25) is 9.69 Å². The van der Waals surface area contributed by atoms with Crippen molar-refractivity contribution in [2.24, 2.45) is 0 Å². The average molecular weight is 527 g/mol. The lowest BCUT2D eigenvalue weighted by Gasteiger charge is -2.39. The molecule has 204 valence electrons. The van der Waals surface area contributed by atoms with Gasteiger partial charge in [-0.15, -0.1) is 6.58 Å². The normalized spacial score (nSPS) is 21.6. The highest BCUT2D eigenvalue weighted by atomic mass is 16.7. The van der Waals surface area contributed by atoms with Crippen LogP contribution in [0, 0.1) is 0 Å². The van der Waals surface area contributed by atoms with E-state index in [0.717, 1.165) is 36.2 Å². The van der Waals surface area contributed by atoms with Crippen molar-refractivity contribution in [3.05, 3.63) is 114 Å². The molecule has 1 aliphatic heterocycles. The highest BCUT2D eigenvalue weighted by Gasteiger charge is 2.34. The van der Waals surface area contributed by atoms with Crippen molar-refractivity contribution in [2.45, 2.75) is 63.3 Å². The second-order valence-corrected chi connectivity index (χ2v) is 10.5. The number of ether oxygens (including phenoxy) is 2. The molecule has 6 heteroatoms. The van der Waals surface area contributed by atoms with Crippen molar-refractivity contribution in [3.63, 3.8) is 0 Å². The van der Waals surface area contributed by atoms with E-state index in [1.807, 2.05) is 72.8 Å². The summed E-state index contributed by atoms with van der Waals surface area (Å²) in [6, 6.07) is 25.4. The van der Waals surface area contributed by atoms with Crippen molar-refractivity contribution in [1.82, 2.24) is 4.90 Å². The molecule has 0 bridgehead atoms. The molecule has 3 aromatic rings. The summed E-state index contributed by atoms with van der Waals surface area (Å²) < 4.78 is 13.1. The zero-order valence-electron chi connectivity index (χ0n) is 22.4. The van der Waals surface area contributed by atoms with Gasteiger partial charge in [-0.2, -0.15) is 0 Å². The van der Waals surface area contributed by atoms with Crippen molar-refractivity contribution >= 4 is 11.6 Å². The highest BCUT2D eigenvalue weighted by molar-refractivity contribution is 6.04. The van der Waals surface area contributed by atoms with Gasteiger partial charge in [-0.1, -0.05) is 73.5 Å². The second-order valence-electron chi connectivity index (χ2n) is 10.5.